The van der Waals surface area contributed by atoms with Crippen molar-refractivity contribution in [2.75, 3.05) is 0 Å². The number of halogens is 2. The zero-order valence-corrected chi connectivity index (χ0v) is 13.0. The Balaban J connectivity index is 2.37. The Morgan fingerprint density at radius 3 is 2.42 bits per heavy atom. The van der Waals surface area contributed by atoms with Crippen LogP contribution in [-0.4, -0.2) is 11.1 Å². The maximum atomic E-state index is 11.1. The van der Waals surface area contributed by atoms with Crippen molar-refractivity contribution in [1.82, 2.24) is 0 Å². The predicted molar refractivity (Wildman–Crippen MR) is 84.2 cm³/mol. The Hall–Kier alpha value is -1.39. The van der Waals surface area contributed by atoms with Crippen LogP contribution in [0.1, 0.15) is 21.5 Å². The van der Waals surface area contributed by atoms with E-state index in [-0.39, 0.29) is 5.56 Å². The minimum atomic E-state index is -0.929. The normalized spacial score (nSPS) is 10.8. The van der Waals surface area contributed by atoms with E-state index in [2.05, 4.69) is 31.9 Å². The summed E-state index contributed by atoms with van der Waals surface area (Å²) in [4.78, 5) is 11.1. The quantitative estimate of drug-likeness (QED) is 0.752. The lowest BCUT2D eigenvalue weighted by Gasteiger charge is -2.02. The summed E-state index contributed by atoms with van der Waals surface area (Å²) < 4.78 is 1.84. The van der Waals surface area contributed by atoms with Crippen LogP contribution < -0.4 is 0 Å². The topological polar surface area (TPSA) is 37.3 Å². The highest BCUT2D eigenvalue weighted by atomic mass is 79.9. The molecule has 4 heteroatoms. The number of benzene rings is 2. The van der Waals surface area contributed by atoms with Crippen molar-refractivity contribution in [2.24, 2.45) is 0 Å². The molecule has 0 heterocycles. The van der Waals surface area contributed by atoms with E-state index in [9.17, 15) is 4.79 Å². The van der Waals surface area contributed by atoms with E-state index < -0.39 is 5.97 Å². The average Bonchev–Trinajstić information content (AvgIpc) is 2.36. The molecule has 0 fully saturated rings. The van der Waals surface area contributed by atoms with Gasteiger partial charge >= 0.3 is 5.97 Å². The summed E-state index contributed by atoms with van der Waals surface area (Å²) in [6, 6.07) is 12.9. The van der Waals surface area contributed by atoms with Crippen molar-refractivity contribution in [3.8, 4) is 0 Å². The van der Waals surface area contributed by atoms with E-state index >= 15 is 0 Å². The average molecular weight is 382 g/mol. The van der Waals surface area contributed by atoms with E-state index in [1.54, 1.807) is 24.3 Å². The van der Waals surface area contributed by atoms with Crippen LogP contribution in [0, 0.1) is 0 Å². The van der Waals surface area contributed by atoms with Gasteiger partial charge in [-0.2, -0.15) is 0 Å². The van der Waals surface area contributed by atoms with Gasteiger partial charge in [0.05, 0.1) is 5.56 Å². The molecule has 0 aliphatic heterocycles. The third-order valence-corrected chi connectivity index (χ3v) is 3.53. The van der Waals surface area contributed by atoms with E-state index in [1.807, 2.05) is 30.3 Å². The first-order chi connectivity index (χ1) is 9.06. The van der Waals surface area contributed by atoms with Gasteiger partial charge in [0, 0.05) is 8.95 Å². The predicted octanol–water partition coefficient (Wildman–Crippen LogP) is 5.08. The van der Waals surface area contributed by atoms with Gasteiger partial charge in [-0.15, -0.1) is 0 Å². The standard InChI is InChI=1S/C15H10Br2O2/c16-12-3-1-2-10(8-12)4-5-11-9-13(17)6-7-14(11)15(18)19/h1-9H,(H,18,19)/b5-4+. The summed E-state index contributed by atoms with van der Waals surface area (Å²) in [5.74, 6) is -0.929. The van der Waals surface area contributed by atoms with Gasteiger partial charge in [-0.25, -0.2) is 4.79 Å². The third-order valence-electron chi connectivity index (χ3n) is 2.55. The molecule has 0 saturated carbocycles. The summed E-state index contributed by atoms with van der Waals surface area (Å²) in [7, 11) is 0. The molecule has 0 aliphatic rings. The lowest BCUT2D eigenvalue weighted by molar-refractivity contribution is 0.0696. The van der Waals surface area contributed by atoms with Crippen LogP contribution in [0.4, 0.5) is 0 Å². The molecule has 0 bridgehead atoms. The van der Waals surface area contributed by atoms with Crippen LogP contribution in [0.15, 0.2) is 51.4 Å². The van der Waals surface area contributed by atoms with Crippen LogP contribution >= 0.6 is 31.9 Å². The zero-order valence-electron chi connectivity index (χ0n) is 9.81. The second-order valence-electron chi connectivity index (χ2n) is 3.93. The Labute approximate surface area is 128 Å². The fourth-order valence-corrected chi connectivity index (χ4v) is 2.46. The number of rotatable bonds is 3. The van der Waals surface area contributed by atoms with Crippen molar-refractivity contribution < 1.29 is 9.90 Å². The maximum Gasteiger partial charge on any atom is 0.336 e. The lowest BCUT2D eigenvalue weighted by Crippen LogP contribution is -1.98. The van der Waals surface area contributed by atoms with E-state index in [1.165, 1.54) is 0 Å². The number of carbonyl (C=O) groups is 1. The van der Waals surface area contributed by atoms with Gasteiger partial charge in [0.25, 0.3) is 0 Å². The van der Waals surface area contributed by atoms with E-state index in [0.717, 1.165) is 14.5 Å². The van der Waals surface area contributed by atoms with E-state index in [0.29, 0.717) is 5.56 Å². The molecule has 0 spiro atoms. The highest BCUT2D eigenvalue weighted by Crippen LogP contribution is 2.20. The number of carboxylic acid groups (broad SMARTS) is 1. The van der Waals surface area contributed by atoms with Gasteiger partial charge in [0.2, 0.25) is 0 Å². The van der Waals surface area contributed by atoms with Crippen LogP contribution in [0.3, 0.4) is 0 Å². The molecule has 2 aromatic rings. The minimum Gasteiger partial charge on any atom is -0.478 e. The number of carboxylic acids is 1. The van der Waals surface area contributed by atoms with Crippen LogP contribution in [-0.2, 0) is 0 Å². The molecular weight excluding hydrogens is 372 g/mol. The number of hydrogen-bond donors (Lipinski definition) is 1. The van der Waals surface area contributed by atoms with Crippen molar-refractivity contribution in [3.05, 3.63) is 68.1 Å². The molecule has 1 N–H and O–H groups in total. The molecular formula is C15H10Br2O2. The smallest absolute Gasteiger partial charge is 0.336 e. The molecule has 96 valence electrons. The van der Waals surface area contributed by atoms with Crippen molar-refractivity contribution in [3.63, 3.8) is 0 Å². The largest absolute Gasteiger partial charge is 0.478 e. The molecule has 19 heavy (non-hydrogen) atoms. The van der Waals surface area contributed by atoms with Gasteiger partial charge in [-0.3, -0.25) is 0 Å². The maximum absolute atomic E-state index is 11.1. The lowest BCUT2D eigenvalue weighted by atomic mass is 10.1. The Bertz CT molecular complexity index is 648. The Morgan fingerprint density at radius 2 is 1.74 bits per heavy atom. The second-order valence-corrected chi connectivity index (χ2v) is 5.76. The van der Waals surface area contributed by atoms with Crippen molar-refractivity contribution >= 4 is 50.0 Å². The van der Waals surface area contributed by atoms with Crippen molar-refractivity contribution in [1.29, 1.82) is 0 Å². The van der Waals surface area contributed by atoms with Gasteiger partial charge in [0.1, 0.15) is 0 Å². The zero-order chi connectivity index (χ0) is 13.8. The third kappa shape index (κ3) is 3.78. The first kappa shape index (κ1) is 14.0. The highest BCUT2D eigenvalue weighted by Gasteiger charge is 2.07. The molecule has 0 aliphatic carbocycles. The number of aromatic carboxylic acids is 1. The molecule has 0 saturated heterocycles. The molecule has 0 atom stereocenters. The molecule has 2 aromatic carbocycles. The SMILES string of the molecule is O=C(O)c1ccc(Br)cc1/C=C/c1cccc(Br)c1. The van der Waals surface area contributed by atoms with Gasteiger partial charge in [0.15, 0.2) is 0 Å². The van der Waals surface area contributed by atoms with Gasteiger partial charge in [-0.05, 0) is 41.5 Å². The Kier molecular flexibility index (Phi) is 4.56. The molecule has 2 nitrogen and oxygen atoms in total. The molecule has 0 radical (unpaired) electrons. The second kappa shape index (κ2) is 6.17. The molecule has 0 amide bonds. The summed E-state index contributed by atoms with van der Waals surface area (Å²) in [5, 5.41) is 9.14. The molecule has 0 aromatic heterocycles. The highest BCUT2D eigenvalue weighted by molar-refractivity contribution is 9.10. The Morgan fingerprint density at radius 1 is 1.00 bits per heavy atom. The van der Waals surface area contributed by atoms with Crippen molar-refractivity contribution in [2.45, 2.75) is 0 Å². The fraction of sp³-hybridized carbons (Fsp3) is 0. The van der Waals surface area contributed by atoms with Crippen LogP contribution in [0.25, 0.3) is 12.2 Å². The van der Waals surface area contributed by atoms with E-state index in [4.69, 9.17) is 5.11 Å². The fourth-order valence-electron chi connectivity index (χ4n) is 1.66. The van der Waals surface area contributed by atoms with Gasteiger partial charge in [-0.1, -0.05) is 56.1 Å². The van der Waals surface area contributed by atoms with Crippen LogP contribution in [0.5, 0.6) is 0 Å². The van der Waals surface area contributed by atoms with Crippen LogP contribution in [0.2, 0.25) is 0 Å². The minimum absolute atomic E-state index is 0.287. The first-order valence-electron chi connectivity index (χ1n) is 5.53. The summed E-state index contributed by atoms with van der Waals surface area (Å²) >= 11 is 6.75. The monoisotopic (exact) mass is 380 g/mol. The summed E-state index contributed by atoms with van der Waals surface area (Å²) in [6.07, 6.45) is 3.69. The van der Waals surface area contributed by atoms with Gasteiger partial charge < -0.3 is 5.11 Å². The summed E-state index contributed by atoms with van der Waals surface area (Å²) in [5.41, 5.74) is 1.96. The number of hydrogen-bond acceptors (Lipinski definition) is 1. The molecule has 0 unspecified atom stereocenters. The molecule has 2 rings (SSSR count). The summed E-state index contributed by atoms with van der Waals surface area (Å²) in [6.45, 7) is 0. The first-order valence-corrected chi connectivity index (χ1v) is 7.11.